The van der Waals surface area contributed by atoms with Crippen molar-refractivity contribution in [2.45, 2.75) is 32.7 Å². The highest BCUT2D eigenvalue weighted by atomic mass is 16.5. The van der Waals surface area contributed by atoms with Crippen LogP contribution in [0.3, 0.4) is 0 Å². The summed E-state index contributed by atoms with van der Waals surface area (Å²) in [6, 6.07) is 4.08. The van der Waals surface area contributed by atoms with Crippen LogP contribution in [0, 0.1) is 13.8 Å². The Hall–Kier alpha value is -1.06. The van der Waals surface area contributed by atoms with Crippen LogP contribution < -0.4 is 10.5 Å². The maximum atomic E-state index is 8.81. The number of methoxy groups -OCH3 is 1. The maximum Gasteiger partial charge on any atom is 0.126 e. The molecule has 3 N–H and O–H groups in total. The summed E-state index contributed by atoms with van der Waals surface area (Å²) in [5, 5.41) is 8.81. The summed E-state index contributed by atoms with van der Waals surface area (Å²) in [6.45, 7) is 4.25. The van der Waals surface area contributed by atoms with E-state index in [2.05, 4.69) is 19.1 Å². The lowest BCUT2D eigenvalue weighted by Crippen LogP contribution is -2.13. The largest absolute Gasteiger partial charge is 0.496 e. The van der Waals surface area contributed by atoms with Crippen molar-refractivity contribution in [3.63, 3.8) is 0 Å². The first-order valence-corrected chi connectivity index (χ1v) is 5.61. The number of nitrogens with two attached hydrogens (primary N) is 1. The number of benzene rings is 1. The lowest BCUT2D eigenvalue weighted by Gasteiger charge is -2.18. The molecule has 0 saturated heterocycles. The highest BCUT2D eigenvalue weighted by molar-refractivity contribution is 5.45. The zero-order valence-electron chi connectivity index (χ0n) is 10.3. The van der Waals surface area contributed by atoms with Crippen LogP contribution in [0.1, 0.15) is 35.6 Å². The Morgan fingerprint density at radius 3 is 2.62 bits per heavy atom. The molecule has 0 spiro atoms. The monoisotopic (exact) mass is 223 g/mol. The average Bonchev–Trinajstić information content (AvgIpc) is 2.24. The minimum Gasteiger partial charge on any atom is -0.496 e. The molecule has 16 heavy (non-hydrogen) atoms. The smallest absolute Gasteiger partial charge is 0.126 e. The molecule has 0 aliphatic carbocycles. The molecule has 0 radical (unpaired) electrons. The summed E-state index contributed by atoms with van der Waals surface area (Å²) >= 11 is 0. The maximum absolute atomic E-state index is 8.81. The summed E-state index contributed by atoms with van der Waals surface area (Å²) in [5.41, 5.74) is 9.44. The molecule has 3 heteroatoms. The van der Waals surface area contributed by atoms with Gasteiger partial charge in [-0.3, -0.25) is 0 Å². The molecule has 1 aromatic carbocycles. The fourth-order valence-corrected chi connectivity index (χ4v) is 2.01. The van der Waals surface area contributed by atoms with Crippen LogP contribution in [-0.4, -0.2) is 18.8 Å². The zero-order valence-corrected chi connectivity index (χ0v) is 10.3. The SMILES string of the molecule is COc1c(C)cc(C)cc1C(N)CCCO. The topological polar surface area (TPSA) is 55.5 Å². The van der Waals surface area contributed by atoms with Crippen LogP contribution in [0.2, 0.25) is 0 Å². The molecule has 0 aromatic heterocycles. The van der Waals surface area contributed by atoms with Crippen molar-refractivity contribution in [1.29, 1.82) is 0 Å². The molecule has 0 fully saturated rings. The summed E-state index contributed by atoms with van der Waals surface area (Å²) in [7, 11) is 1.67. The summed E-state index contributed by atoms with van der Waals surface area (Å²) in [4.78, 5) is 0. The average molecular weight is 223 g/mol. The minimum atomic E-state index is -0.0688. The first-order valence-electron chi connectivity index (χ1n) is 5.61. The number of aliphatic hydroxyl groups excluding tert-OH is 1. The van der Waals surface area contributed by atoms with Crippen LogP contribution >= 0.6 is 0 Å². The molecule has 1 unspecified atom stereocenters. The van der Waals surface area contributed by atoms with Gasteiger partial charge in [0.25, 0.3) is 0 Å². The molecule has 0 aliphatic rings. The van der Waals surface area contributed by atoms with Gasteiger partial charge in [-0.1, -0.05) is 17.7 Å². The van der Waals surface area contributed by atoms with Crippen molar-refractivity contribution >= 4 is 0 Å². The van der Waals surface area contributed by atoms with Gasteiger partial charge in [-0.05, 0) is 32.3 Å². The highest BCUT2D eigenvalue weighted by Crippen LogP contribution is 2.30. The van der Waals surface area contributed by atoms with Crippen molar-refractivity contribution in [3.8, 4) is 5.75 Å². The Morgan fingerprint density at radius 1 is 1.38 bits per heavy atom. The van der Waals surface area contributed by atoms with E-state index in [1.807, 2.05) is 6.92 Å². The predicted octanol–water partition coefficient (Wildman–Crippen LogP) is 2.08. The van der Waals surface area contributed by atoms with Crippen molar-refractivity contribution in [2.24, 2.45) is 5.73 Å². The number of rotatable bonds is 5. The third kappa shape index (κ3) is 2.97. The quantitative estimate of drug-likeness (QED) is 0.803. The Morgan fingerprint density at radius 2 is 2.06 bits per heavy atom. The second kappa shape index (κ2) is 5.87. The molecule has 1 atom stereocenters. The third-order valence-electron chi connectivity index (χ3n) is 2.72. The Kier molecular flexibility index (Phi) is 4.77. The molecule has 0 aliphatic heterocycles. The molecule has 3 nitrogen and oxygen atoms in total. The zero-order chi connectivity index (χ0) is 12.1. The van der Waals surface area contributed by atoms with Crippen molar-refractivity contribution in [1.82, 2.24) is 0 Å². The van der Waals surface area contributed by atoms with Crippen LogP contribution in [-0.2, 0) is 0 Å². The summed E-state index contributed by atoms with van der Waals surface area (Å²) in [5.74, 6) is 0.871. The van der Waals surface area contributed by atoms with Gasteiger partial charge in [-0.15, -0.1) is 0 Å². The van der Waals surface area contributed by atoms with Gasteiger partial charge in [0.15, 0.2) is 0 Å². The van der Waals surface area contributed by atoms with Crippen LogP contribution in [0.5, 0.6) is 5.75 Å². The molecule has 0 heterocycles. The van der Waals surface area contributed by atoms with Crippen molar-refractivity contribution < 1.29 is 9.84 Å². The molecule has 0 saturated carbocycles. The normalized spacial score (nSPS) is 12.6. The summed E-state index contributed by atoms with van der Waals surface area (Å²) in [6.07, 6.45) is 1.49. The van der Waals surface area contributed by atoms with Crippen LogP contribution in [0.4, 0.5) is 0 Å². The number of hydrogen-bond acceptors (Lipinski definition) is 3. The first kappa shape index (κ1) is 13.0. The van der Waals surface area contributed by atoms with E-state index in [-0.39, 0.29) is 12.6 Å². The second-order valence-electron chi connectivity index (χ2n) is 4.18. The van der Waals surface area contributed by atoms with E-state index in [9.17, 15) is 0 Å². The third-order valence-corrected chi connectivity index (χ3v) is 2.72. The van der Waals surface area contributed by atoms with Gasteiger partial charge >= 0.3 is 0 Å². The molecule has 1 rings (SSSR count). The lowest BCUT2D eigenvalue weighted by atomic mass is 9.97. The summed E-state index contributed by atoms with van der Waals surface area (Å²) < 4.78 is 5.39. The van der Waals surface area contributed by atoms with Crippen LogP contribution in [0.25, 0.3) is 0 Å². The van der Waals surface area contributed by atoms with Crippen molar-refractivity contribution in [2.75, 3.05) is 13.7 Å². The van der Waals surface area contributed by atoms with E-state index >= 15 is 0 Å². The fraction of sp³-hybridized carbons (Fsp3) is 0.538. The number of ether oxygens (including phenoxy) is 1. The Balaban J connectivity index is 3.00. The van der Waals surface area contributed by atoms with Gasteiger partial charge in [0.2, 0.25) is 0 Å². The fourth-order valence-electron chi connectivity index (χ4n) is 2.01. The molecular formula is C13H21NO2. The van der Waals surface area contributed by atoms with E-state index in [4.69, 9.17) is 15.6 Å². The van der Waals surface area contributed by atoms with Gasteiger partial charge in [0.05, 0.1) is 7.11 Å². The van der Waals surface area contributed by atoms with E-state index in [0.717, 1.165) is 29.7 Å². The van der Waals surface area contributed by atoms with Crippen LogP contribution in [0.15, 0.2) is 12.1 Å². The van der Waals surface area contributed by atoms with Gasteiger partial charge in [0.1, 0.15) is 5.75 Å². The van der Waals surface area contributed by atoms with E-state index in [0.29, 0.717) is 0 Å². The second-order valence-corrected chi connectivity index (χ2v) is 4.18. The van der Waals surface area contributed by atoms with E-state index in [1.54, 1.807) is 7.11 Å². The number of hydrogen-bond donors (Lipinski definition) is 2. The van der Waals surface area contributed by atoms with E-state index < -0.39 is 0 Å². The number of aliphatic hydroxyl groups is 1. The standard InChI is InChI=1S/C13H21NO2/c1-9-7-10(2)13(16-3)11(8-9)12(14)5-4-6-15/h7-8,12,15H,4-6,14H2,1-3H3. The Labute approximate surface area is 97.2 Å². The van der Waals surface area contributed by atoms with Gasteiger partial charge < -0.3 is 15.6 Å². The Bertz CT molecular complexity index is 350. The predicted molar refractivity (Wildman–Crippen MR) is 65.7 cm³/mol. The molecule has 1 aromatic rings. The van der Waals surface area contributed by atoms with Gasteiger partial charge in [0, 0.05) is 18.2 Å². The van der Waals surface area contributed by atoms with Gasteiger partial charge in [-0.2, -0.15) is 0 Å². The van der Waals surface area contributed by atoms with E-state index in [1.165, 1.54) is 5.56 Å². The molecular weight excluding hydrogens is 202 g/mol. The minimum absolute atomic E-state index is 0.0688. The molecule has 0 amide bonds. The molecule has 0 bridgehead atoms. The lowest BCUT2D eigenvalue weighted by molar-refractivity contribution is 0.279. The highest BCUT2D eigenvalue weighted by Gasteiger charge is 2.14. The van der Waals surface area contributed by atoms with Gasteiger partial charge in [-0.25, -0.2) is 0 Å². The van der Waals surface area contributed by atoms with Crippen molar-refractivity contribution in [3.05, 3.63) is 28.8 Å². The molecule has 90 valence electrons. The number of aryl methyl sites for hydroxylation is 2. The first-order chi connectivity index (χ1) is 7.60.